The van der Waals surface area contributed by atoms with E-state index in [0.717, 1.165) is 26.1 Å². The first-order valence-corrected chi connectivity index (χ1v) is 4.65. The summed E-state index contributed by atoms with van der Waals surface area (Å²) in [5.41, 5.74) is 0.0261. The van der Waals surface area contributed by atoms with E-state index >= 15 is 0 Å². The van der Waals surface area contributed by atoms with Crippen LogP contribution in [-0.4, -0.2) is 30.9 Å². The molecule has 0 aliphatic carbocycles. The SMILES string of the molecule is CNC(=S)NC1(C)CCCOC1. The van der Waals surface area contributed by atoms with Crippen LogP contribution in [0.5, 0.6) is 0 Å². The average Bonchev–Trinajstić information content (AvgIpc) is 2.05. The minimum atomic E-state index is 0.0261. The predicted octanol–water partition coefficient (Wildman–Crippen LogP) is 0.649. The summed E-state index contributed by atoms with van der Waals surface area (Å²) in [5.74, 6) is 0. The van der Waals surface area contributed by atoms with Crippen molar-refractivity contribution in [3.63, 3.8) is 0 Å². The Balaban J connectivity index is 2.41. The van der Waals surface area contributed by atoms with E-state index in [2.05, 4.69) is 17.6 Å². The third-order valence-corrected chi connectivity index (χ3v) is 2.39. The van der Waals surface area contributed by atoms with Gasteiger partial charge in [0, 0.05) is 13.7 Å². The van der Waals surface area contributed by atoms with Crippen LogP contribution >= 0.6 is 12.2 Å². The molecule has 0 aromatic rings. The fourth-order valence-corrected chi connectivity index (χ4v) is 1.62. The molecule has 1 unspecified atom stereocenters. The maximum Gasteiger partial charge on any atom is 0.166 e. The Kier molecular flexibility index (Phi) is 3.29. The third-order valence-electron chi connectivity index (χ3n) is 2.08. The van der Waals surface area contributed by atoms with E-state index in [9.17, 15) is 0 Å². The van der Waals surface area contributed by atoms with Gasteiger partial charge in [-0.2, -0.15) is 0 Å². The van der Waals surface area contributed by atoms with E-state index in [0.29, 0.717) is 5.11 Å². The molecule has 1 aliphatic rings. The van der Waals surface area contributed by atoms with Crippen molar-refractivity contribution >= 4 is 17.3 Å². The molecule has 0 radical (unpaired) electrons. The number of nitrogens with one attached hydrogen (secondary N) is 2. The summed E-state index contributed by atoms with van der Waals surface area (Å²) >= 11 is 5.03. The second-order valence-corrected chi connectivity index (χ2v) is 3.83. The van der Waals surface area contributed by atoms with E-state index in [1.165, 1.54) is 0 Å². The second kappa shape index (κ2) is 4.05. The van der Waals surface area contributed by atoms with Crippen molar-refractivity contribution in [2.75, 3.05) is 20.3 Å². The van der Waals surface area contributed by atoms with Gasteiger partial charge in [0.15, 0.2) is 5.11 Å². The third kappa shape index (κ3) is 2.60. The molecule has 2 N–H and O–H groups in total. The van der Waals surface area contributed by atoms with Gasteiger partial charge in [-0.05, 0) is 32.0 Å². The van der Waals surface area contributed by atoms with Crippen LogP contribution in [0.3, 0.4) is 0 Å². The van der Waals surface area contributed by atoms with Gasteiger partial charge in [0.25, 0.3) is 0 Å². The average molecular weight is 188 g/mol. The monoisotopic (exact) mass is 188 g/mol. The zero-order chi connectivity index (χ0) is 9.03. The number of hydrogen-bond acceptors (Lipinski definition) is 2. The van der Waals surface area contributed by atoms with Crippen molar-refractivity contribution in [2.24, 2.45) is 0 Å². The maximum atomic E-state index is 5.38. The van der Waals surface area contributed by atoms with E-state index in [1.807, 2.05) is 7.05 Å². The smallest absolute Gasteiger partial charge is 0.166 e. The molecule has 70 valence electrons. The Morgan fingerprint density at radius 1 is 1.58 bits per heavy atom. The molecule has 3 nitrogen and oxygen atoms in total. The largest absolute Gasteiger partial charge is 0.379 e. The number of ether oxygens (including phenoxy) is 1. The molecule has 0 amide bonds. The minimum Gasteiger partial charge on any atom is -0.379 e. The maximum absolute atomic E-state index is 5.38. The normalized spacial score (nSPS) is 29.5. The number of thiocarbonyl (C=S) groups is 1. The highest BCUT2D eigenvalue weighted by Crippen LogP contribution is 2.17. The van der Waals surface area contributed by atoms with E-state index < -0.39 is 0 Å². The Morgan fingerprint density at radius 3 is 2.83 bits per heavy atom. The van der Waals surface area contributed by atoms with Gasteiger partial charge in [0.1, 0.15) is 0 Å². The van der Waals surface area contributed by atoms with Gasteiger partial charge in [-0.3, -0.25) is 0 Å². The number of hydrogen-bond donors (Lipinski definition) is 2. The van der Waals surface area contributed by atoms with Crippen molar-refractivity contribution in [1.29, 1.82) is 0 Å². The molecule has 12 heavy (non-hydrogen) atoms. The van der Waals surface area contributed by atoms with Crippen LogP contribution in [0, 0.1) is 0 Å². The minimum absolute atomic E-state index is 0.0261. The Labute approximate surface area is 78.9 Å². The molecule has 0 aromatic heterocycles. The van der Waals surface area contributed by atoms with Gasteiger partial charge in [-0.25, -0.2) is 0 Å². The molecule has 1 fully saturated rings. The topological polar surface area (TPSA) is 33.3 Å². The molecule has 1 atom stereocenters. The first-order valence-electron chi connectivity index (χ1n) is 4.24. The van der Waals surface area contributed by atoms with Crippen molar-refractivity contribution in [2.45, 2.75) is 25.3 Å². The molecule has 1 rings (SSSR count). The molecule has 0 spiro atoms. The van der Waals surface area contributed by atoms with Crippen LogP contribution in [0.4, 0.5) is 0 Å². The predicted molar refractivity (Wildman–Crippen MR) is 53.3 cm³/mol. The molecule has 1 aliphatic heterocycles. The van der Waals surface area contributed by atoms with Gasteiger partial charge >= 0.3 is 0 Å². The molecule has 1 saturated heterocycles. The van der Waals surface area contributed by atoms with Crippen LogP contribution in [-0.2, 0) is 4.74 Å². The van der Waals surface area contributed by atoms with Crippen molar-refractivity contribution in [1.82, 2.24) is 10.6 Å². The highest BCUT2D eigenvalue weighted by Gasteiger charge is 2.27. The van der Waals surface area contributed by atoms with Crippen LogP contribution in [0.15, 0.2) is 0 Å². The van der Waals surface area contributed by atoms with Gasteiger partial charge < -0.3 is 15.4 Å². The fraction of sp³-hybridized carbons (Fsp3) is 0.875. The van der Waals surface area contributed by atoms with Crippen LogP contribution in [0.25, 0.3) is 0 Å². The highest BCUT2D eigenvalue weighted by atomic mass is 32.1. The second-order valence-electron chi connectivity index (χ2n) is 3.42. The summed E-state index contributed by atoms with van der Waals surface area (Å²) in [6.07, 6.45) is 2.23. The van der Waals surface area contributed by atoms with Gasteiger partial charge in [0.2, 0.25) is 0 Å². The summed E-state index contributed by atoms with van der Waals surface area (Å²) in [6, 6.07) is 0. The Morgan fingerprint density at radius 2 is 2.33 bits per heavy atom. The van der Waals surface area contributed by atoms with Gasteiger partial charge in [-0.1, -0.05) is 0 Å². The summed E-state index contributed by atoms with van der Waals surface area (Å²) < 4.78 is 5.38. The summed E-state index contributed by atoms with van der Waals surface area (Å²) in [5, 5.41) is 6.84. The molecular weight excluding hydrogens is 172 g/mol. The molecule has 0 saturated carbocycles. The van der Waals surface area contributed by atoms with Crippen molar-refractivity contribution < 1.29 is 4.74 Å². The molecular formula is C8H16N2OS. The molecule has 4 heteroatoms. The molecule has 0 bridgehead atoms. The molecule has 1 heterocycles. The summed E-state index contributed by atoms with van der Waals surface area (Å²) in [4.78, 5) is 0. The molecule has 0 aromatic carbocycles. The highest BCUT2D eigenvalue weighted by molar-refractivity contribution is 7.80. The lowest BCUT2D eigenvalue weighted by Crippen LogP contribution is -2.53. The van der Waals surface area contributed by atoms with Crippen LogP contribution < -0.4 is 10.6 Å². The number of rotatable bonds is 1. The van der Waals surface area contributed by atoms with Crippen LogP contribution in [0.1, 0.15) is 19.8 Å². The first-order chi connectivity index (χ1) is 5.66. The zero-order valence-electron chi connectivity index (χ0n) is 7.64. The Bertz CT molecular complexity index is 166. The lowest BCUT2D eigenvalue weighted by atomic mass is 9.95. The Hall–Kier alpha value is -0.350. The quantitative estimate of drug-likeness (QED) is 0.592. The van der Waals surface area contributed by atoms with Crippen molar-refractivity contribution in [3.05, 3.63) is 0 Å². The lowest BCUT2D eigenvalue weighted by molar-refractivity contribution is 0.0371. The lowest BCUT2D eigenvalue weighted by Gasteiger charge is -2.35. The van der Waals surface area contributed by atoms with E-state index in [4.69, 9.17) is 17.0 Å². The summed E-state index contributed by atoms with van der Waals surface area (Å²) in [6.45, 7) is 3.76. The van der Waals surface area contributed by atoms with Crippen LogP contribution in [0.2, 0.25) is 0 Å². The fourth-order valence-electron chi connectivity index (χ4n) is 1.37. The standard InChI is InChI=1S/C8H16N2OS/c1-8(10-7(12)9-2)4-3-5-11-6-8/h3-6H2,1-2H3,(H2,9,10,12). The van der Waals surface area contributed by atoms with Crippen molar-refractivity contribution in [3.8, 4) is 0 Å². The van der Waals surface area contributed by atoms with E-state index in [-0.39, 0.29) is 5.54 Å². The van der Waals surface area contributed by atoms with Gasteiger partial charge in [0.05, 0.1) is 12.1 Å². The first kappa shape index (κ1) is 9.74. The summed E-state index contributed by atoms with van der Waals surface area (Å²) in [7, 11) is 1.82. The zero-order valence-corrected chi connectivity index (χ0v) is 8.46. The van der Waals surface area contributed by atoms with Gasteiger partial charge in [-0.15, -0.1) is 0 Å². The van der Waals surface area contributed by atoms with E-state index in [1.54, 1.807) is 0 Å².